The average Bonchev–Trinajstić information content (AvgIpc) is 2.46. The first kappa shape index (κ1) is 15.6. The van der Waals surface area contributed by atoms with Crippen LogP contribution in [0.1, 0.15) is 0 Å². The molecule has 0 aromatic heterocycles. The highest BCUT2D eigenvalue weighted by molar-refractivity contribution is 7.89. The summed E-state index contributed by atoms with van der Waals surface area (Å²) in [4.78, 5) is 2.17. The molecule has 0 aliphatic carbocycles. The zero-order chi connectivity index (χ0) is 14.6. The number of benzene rings is 1. The van der Waals surface area contributed by atoms with Crippen LogP contribution in [0.25, 0.3) is 0 Å². The Hall–Kier alpha value is -0.820. The van der Waals surface area contributed by atoms with E-state index in [4.69, 9.17) is 16.3 Å². The molecule has 0 bridgehead atoms. The molecule has 1 saturated heterocycles. The number of ether oxygens (including phenoxy) is 1. The monoisotopic (exact) mass is 318 g/mol. The molecule has 1 fully saturated rings. The average molecular weight is 319 g/mol. The van der Waals surface area contributed by atoms with Crippen molar-refractivity contribution in [1.82, 2.24) is 4.31 Å². The third kappa shape index (κ3) is 3.85. The lowest BCUT2D eigenvalue weighted by Gasteiger charge is -2.35. The SMILES string of the molecule is COCCS(=O)(=O)N1CCN(c2ccc(Cl)cc2)CC1. The van der Waals surface area contributed by atoms with Gasteiger partial charge in [-0.2, -0.15) is 4.31 Å². The normalized spacial score (nSPS) is 17.4. The van der Waals surface area contributed by atoms with Crippen LogP contribution in [0.2, 0.25) is 5.02 Å². The highest BCUT2D eigenvalue weighted by Gasteiger charge is 2.26. The topological polar surface area (TPSA) is 49.9 Å². The first-order valence-corrected chi connectivity index (χ1v) is 8.49. The predicted molar refractivity (Wildman–Crippen MR) is 80.9 cm³/mol. The standard InChI is InChI=1S/C13H19ClN2O3S/c1-19-10-11-20(17,18)16-8-6-15(7-9-16)13-4-2-12(14)3-5-13/h2-5H,6-11H2,1H3. The third-order valence-corrected chi connectivity index (χ3v) is 5.46. The van der Waals surface area contributed by atoms with Crippen LogP contribution in [0.5, 0.6) is 0 Å². The summed E-state index contributed by atoms with van der Waals surface area (Å²) in [6, 6.07) is 7.60. The van der Waals surface area contributed by atoms with Crippen LogP contribution in [0.15, 0.2) is 24.3 Å². The Morgan fingerprint density at radius 1 is 1.15 bits per heavy atom. The van der Waals surface area contributed by atoms with Gasteiger partial charge in [-0.05, 0) is 24.3 Å². The number of anilines is 1. The van der Waals surface area contributed by atoms with Gasteiger partial charge in [-0.15, -0.1) is 0 Å². The molecule has 1 aromatic carbocycles. The quantitative estimate of drug-likeness (QED) is 0.824. The molecule has 2 rings (SSSR count). The lowest BCUT2D eigenvalue weighted by Crippen LogP contribution is -2.49. The highest BCUT2D eigenvalue weighted by Crippen LogP contribution is 2.20. The number of rotatable bonds is 5. The first-order chi connectivity index (χ1) is 9.53. The second kappa shape index (κ2) is 6.76. The number of halogens is 1. The zero-order valence-corrected chi connectivity index (χ0v) is 13.0. The van der Waals surface area contributed by atoms with Crippen molar-refractivity contribution >= 4 is 27.3 Å². The molecule has 0 unspecified atom stereocenters. The molecule has 112 valence electrons. The minimum atomic E-state index is -3.20. The van der Waals surface area contributed by atoms with Crippen LogP contribution in [-0.2, 0) is 14.8 Å². The summed E-state index contributed by atoms with van der Waals surface area (Å²) in [5, 5.41) is 0.703. The van der Waals surface area contributed by atoms with Gasteiger partial charge in [0, 0.05) is 44.0 Å². The molecule has 1 aliphatic heterocycles. The maximum absolute atomic E-state index is 12.0. The van der Waals surface area contributed by atoms with Crippen molar-refractivity contribution < 1.29 is 13.2 Å². The fourth-order valence-electron chi connectivity index (χ4n) is 2.19. The van der Waals surface area contributed by atoms with Crippen LogP contribution in [0.4, 0.5) is 5.69 Å². The molecular formula is C13H19ClN2O3S. The van der Waals surface area contributed by atoms with Crippen molar-refractivity contribution in [3.05, 3.63) is 29.3 Å². The molecule has 1 aliphatic rings. The number of hydrogen-bond acceptors (Lipinski definition) is 4. The molecule has 0 saturated carbocycles. The zero-order valence-electron chi connectivity index (χ0n) is 11.5. The van der Waals surface area contributed by atoms with Crippen molar-refractivity contribution in [2.24, 2.45) is 0 Å². The van der Waals surface area contributed by atoms with Crippen molar-refractivity contribution in [1.29, 1.82) is 0 Å². The van der Waals surface area contributed by atoms with Crippen LogP contribution in [-0.4, -0.2) is 58.4 Å². The van der Waals surface area contributed by atoms with Crippen LogP contribution in [0, 0.1) is 0 Å². The smallest absolute Gasteiger partial charge is 0.216 e. The van der Waals surface area contributed by atoms with Crippen LogP contribution in [0.3, 0.4) is 0 Å². The Morgan fingerprint density at radius 3 is 2.30 bits per heavy atom. The summed E-state index contributed by atoms with van der Waals surface area (Å²) in [7, 11) is -1.69. The van der Waals surface area contributed by atoms with Gasteiger partial charge in [0.1, 0.15) is 0 Å². The molecule has 5 nitrogen and oxygen atoms in total. The van der Waals surface area contributed by atoms with Gasteiger partial charge in [0.2, 0.25) is 10.0 Å². The number of methoxy groups -OCH3 is 1. The van der Waals surface area contributed by atoms with E-state index in [2.05, 4.69) is 4.90 Å². The predicted octanol–water partition coefficient (Wildman–Crippen LogP) is 1.44. The lowest BCUT2D eigenvalue weighted by atomic mass is 10.2. The van der Waals surface area contributed by atoms with E-state index in [0.717, 1.165) is 5.69 Å². The second-order valence-corrected chi connectivity index (χ2v) is 7.20. The maximum atomic E-state index is 12.0. The van der Waals surface area contributed by atoms with Crippen LogP contribution < -0.4 is 4.90 Å². The van der Waals surface area contributed by atoms with E-state index in [1.807, 2.05) is 24.3 Å². The van der Waals surface area contributed by atoms with E-state index in [9.17, 15) is 8.42 Å². The van der Waals surface area contributed by atoms with E-state index < -0.39 is 10.0 Å². The van der Waals surface area contributed by atoms with Gasteiger partial charge in [-0.1, -0.05) is 11.6 Å². The van der Waals surface area contributed by atoms with Crippen molar-refractivity contribution in [2.75, 3.05) is 50.5 Å². The molecule has 1 aromatic rings. The summed E-state index contributed by atoms with van der Waals surface area (Å²) in [5.74, 6) is 0.0461. The van der Waals surface area contributed by atoms with E-state index in [1.165, 1.54) is 7.11 Å². The Kier molecular flexibility index (Phi) is 5.26. The van der Waals surface area contributed by atoms with Gasteiger partial charge in [-0.25, -0.2) is 8.42 Å². The number of hydrogen-bond donors (Lipinski definition) is 0. The second-order valence-electron chi connectivity index (χ2n) is 4.67. The molecule has 0 amide bonds. The van der Waals surface area contributed by atoms with Crippen molar-refractivity contribution in [2.45, 2.75) is 0 Å². The Balaban J connectivity index is 1.93. The molecule has 20 heavy (non-hydrogen) atoms. The fraction of sp³-hybridized carbons (Fsp3) is 0.538. The van der Waals surface area contributed by atoms with Gasteiger partial charge in [0.05, 0.1) is 12.4 Å². The van der Waals surface area contributed by atoms with E-state index in [1.54, 1.807) is 4.31 Å². The third-order valence-electron chi connectivity index (χ3n) is 3.37. The molecule has 0 spiro atoms. The number of sulfonamides is 1. The molecule has 0 radical (unpaired) electrons. The summed E-state index contributed by atoms with van der Waals surface area (Å²) in [6.07, 6.45) is 0. The number of piperazine rings is 1. The minimum Gasteiger partial charge on any atom is -0.384 e. The van der Waals surface area contributed by atoms with Gasteiger partial charge in [0.15, 0.2) is 0 Å². The number of nitrogens with zero attached hydrogens (tertiary/aromatic N) is 2. The molecule has 0 N–H and O–H groups in total. The maximum Gasteiger partial charge on any atom is 0.216 e. The molecular weight excluding hydrogens is 300 g/mol. The van der Waals surface area contributed by atoms with Gasteiger partial charge in [-0.3, -0.25) is 0 Å². The summed E-state index contributed by atoms with van der Waals surface area (Å²) in [6.45, 7) is 2.63. The van der Waals surface area contributed by atoms with E-state index in [0.29, 0.717) is 31.2 Å². The molecule has 1 heterocycles. The van der Waals surface area contributed by atoms with Crippen molar-refractivity contribution in [3.8, 4) is 0 Å². The van der Waals surface area contributed by atoms with E-state index >= 15 is 0 Å². The Bertz CT molecular complexity index is 525. The van der Waals surface area contributed by atoms with Gasteiger partial charge >= 0.3 is 0 Å². The van der Waals surface area contributed by atoms with Gasteiger partial charge in [0.25, 0.3) is 0 Å². The lowest BCUT2D eigenvalue weighted by molar-refractivity contribution is 0.215. The summed E-state index contributed by atoms with van der Waals surface area (Å²) < 4.78 is 30.5. The molecule has 0 atom stereocenters. The Morgan fingerprint density at radius 2 is 1.75 bits per heavy atom. The Labute approximate surface area is 125 Å². The summed E-state index contributed by atoms with van der Waals surface area (Å²) >= 11 is 5.86. The van der Waals surface area contributed by atoms with Crippen molar-refractivity contribution in [3.63, 3.8) is 0 Å². The molecule has 7 heteroatoms. The van der Waals surface area contributed by atoms with Gasteiger partial charge < -0.3 is 9.64 Å². The largest absolute Gasteiger partial charge is 0.384 e. The fourth-order valence-corrected chi connectivity index (χ4v) is 3.68. The minimum absolute atomic E-state index is 0.0461. The van der Waals surface area contributed by atoms with Crippen LogP contribution >= 0.6 is 11.6 Å². The highest BCUT2D eigenvalue weighted by atomic mass is 35.5. The summed E-state index contributed by atoms with van der Waals surface area (Å²) in [5.41, 5.74) is 1.07. The van der Waals surface area contributed by atoms with E-state index in [-0.39, 0.29) is 12.4 Å². The first-order valence-electron chi connectivity index (χ1n) is 6.50.